The first-order valence-corrected chi connectivity index (χ1v) is 9.18. The van der Waals surface area contributed by atoms with Crippen LogP contribution >= 0.6 is 11.3 Å². The third-order valence-electron chi connectivity index (χ3n) is 4.57. The molecule has 1 aliphatic carbocycles. The number of fused-ring (bicyclic) bond motifs is 3. The van der Waals surface area contributed by atoms with Crippen LogP contribution in [-0.2, 0) is 17.6 Å². The third-order valence-corrected chi connectivity index (χ3v) is 5.74. The molecule has 0 radical (unpaired) electrons. The lowest BCUT2D eigenvalue weighted by molar-refractivity contribution is 0.0527. The fraction of sp³-hybridized carbons (Fsp3) is 0.412. The Morgan fingerprint density at radius 1 is 1.48 bits per heavy atom. The van der Waals surface area contributed by atoms with Gasteiger partial charge in [0.25, 0.3) is 0 Å². The highest BCUT2D eigenvalue weighted by atomic mass is 32.1. The maximum absolute atomic E-state index is 12.0. The van der Waals surface area contributed by atoms with Gasteiger partial charge in [-0.15, -0.1) is 11.3 Å². The van der Waals surface area contributed by atoms with Crippen molar-refractivity contribution < 1.29 is 9.53 Å². The van der Waals surface area contributed by atoms with Crippen LogP contribution in [0.1, 0.15) is 41.1 Å². The maximum atomic E-state index is 12.0. The van der Waals surface area contributed by atoms with E-state index in [2.05, 4.69) is 22.0 Å². The van der Waals surface area contributed by atoms with E-state index in [1.807, 2.05) is 0 Å². The monoisotopic (exact) mass is 357 g/mol. The SMILES string of the molecule is CCOC(=O)c1cnn(-c2ncnc3sc4c(c23)CC[C@H](C)C4)c1N. The highest BCUT2D eigenvalue weighted by Crippen LogP contribution is 2.39. The lowest BCUT2D eigenvalue weighted by Gasteiger charge is -2.18. The molecule has 1 aliphatic rings. The molecule has 0 amide bonds. The van der Waals surface area contributed by atoms with Crippen LogP contribution in [0.2, 0.25) is 0 Å². The highest BCUT2D eigenvalue weighted by molar-refractivity contribution is 7.18. The number of nitrogen functional groups attached to an aromatic ring is 1. The zero-order valence-corrected chi connectivity index (χ0v) is 15.0. The Balaban J connectivity index is 1.87. The Hall–Kier alpha value is -2.48. The molecule has 0 saturated heterocycles. The number of hydrogen-bond donors (Lipinski definition) is 1. The topological polar surface area (TPSA) is 95.9 Å². The zero-order valence-electron chi connectivity index (χ0n) is 14.2. The molecule has 3 aromatic rings. The van der Waals surface area contributed by atoms with E-state index in [0.29, 0.717) is 11.7 Å². The number of ether oxygens (including phenoxy) is 1. The van der Waals surface area contributed by atoms with Gasteiger partial charge in [0.2, 0.25) is 0 Å². The number of aryl methyl sites for hydroxylation is 1. The van der Waals surface area contributed by atoms with E-state index < -0.39 is 5.97 Å². The second kappa shape index (κ2) is 6.11. The number of nitrogens with zero attached hydrogens (tertiary/aromatic N) is 4. The van der Waals surface area contributed by atoms with Crippen LogP contribution in [-0.4, -0.2) is 32.3 Å². The molecule has 0 unspecified atom stereocenters. The van der Waals surface area contributed by atoms with E-state index in [4.69, 9.17) is 10.5 Å². The second-order valence-corrected chi connectivity index (χ2v) is 7.39. The molecule has 0 aromatic carbocycles. The molecule has 25 heavy (non-hydrogen) atoms. The summed E-state index contributed by atoms with van der Waals surface area (Å²) in [5.41, 5.74) is 7.72. The van der Waals surface area contributed by atoms with Crippen LogP contribution in [0.4, 0.5) is 5.82 Å². The van der Waals surface area contributed by atoms with Crippen molar-refractivity contribution in [2.24, 2.45) is 5.92 Å². The Kier molecular flexibility index (Phi) is 3.91. The summed E-state index contributed by atoms with van der Waals surface area (Å²) in [7, 11) is 0. The standard InChI is InChI=1S/C17H19N5O2S/c1-3-24-17(23)11-7-21-22(14(11)18)15-13-10-5-4-9(2)6-12(10)25-16(13)20-8-19-15/h7-9H,3-6,18H2,1-2H3/t9-/m0/s1. The fourth-order valence-corrected chi connectivity index (χ4v) is 4.66. The van der Waals surface area contributed by atoms with Crippen molar-refractivity contribution in [3.8, 4) is 5.82 Å². The molecular formula is C17H19N5O2S. The van der Waals surface area contributed by atoms with Gasteiger partial charge in [-0.1, -0.05) is 6.92 Å². The van der Waals surface area contributed by atoms with Gasteiger partial charge in [0.1, 0.15) is 22.5 Å². The summed E-state index contributed by atoms with van der Waals surface area (Å²) in [4.78, 5) is 23.2. The van der Waals surface area contributed by atoms with Gasteiger partial charge < -0.3 is 10.5 Å². The Bertz CT molecular complexity index is 962. The van der Waals surface area contributed by atoms with Crippen LogP contribution in [0.5, 0.6) is 0 Å². The number of esters is 1. The zero-order chi connectivity index (χ0) is 17.6. The van der Waals surface area contributed by atoms with Crippen LogP contribution in [0.3, 0.4) is 0 Å². The molecule has 3 aromatic heterocycles. The minimum Gasteiger partial charge on any atom is -0.462 e. The van der Waals surface area contributed by atoms with Gasteiger partial charge in [0.05, 0.1) is 18.2 Å². The predicted molar refractivity (Wildman–Crippen MR) is 96.1 cm³/mol. The fourth-order valence-electron chi connectivity index (χ4n) is 3.31. The van der Waals surface area contributed by atoms with Gasteiger partial charge in [0.15, 0.2) is 5.82 Å². The summed E-state index contributed by atoms with van der Waals surface area (Å²) < 4.78 is 6.54. The second-order valence-electron chi connectivity index (χ2n) is 6.30. The van der Waals surface area contributed by atoms with Gasteiger partial charge in [-0.3, -0.25) is 0 Å². The number of carbonyl (C=O) groups is 1. The Morgan fingerprint density at radius 2 is 2.32 bits per heavy atom. The normalized spacial score (nSPS) is 16.8. The summed E-state index contributed by atoms with van der Waals surface area (Å²) in [5.74, 6) is 1.08. The van der Waals surface area contributed by atoms with Crippen molar-refractivity contribution >= 4 is 33.3 Å². The first-order valence-electron chi connectivity index (χ1n) is 8.36. The Morgan fingerprint density at radius 3 is 3.12 bits per heavy atom. The predicted octanol–water partition coefficient (Wildman–Crippen LogP) is 2.76. The smallest absolute Gasteiger partial charge is 0.343 e. The first-order chi connectivity index (χ1) is 12.1. The number of hydrogen-bond acceptors (Lipinski definition) is 7. The van der Waals surface area contributed by atoms with Gasteiger partial charge in [-0.05, 0) is 37.7 Å². The summed E-state index contributed by atoms with van der Waals surface area (Å²) in [6.45, 7) is 4.32. The molecule has 2 N–H and O–H groups in total. The molecule has 3 heterocycles. The quantitative estimate of drug-likeness (QED) is 0.724. The van der Waals surface area contributed by atoms with Crippen molar-refractivity contribution in [1.29, 1.82) is 0 Å². The van der Waals surface area contributed by atoms with Crippen molar-refractivity contribution in [3.05, 3.63) is 28.5 Å². The van der Waals surface area contributed by atoms with Crippen molar-refractivity contribution in [1.82, 2.24) is 19.7 Å². The first kappa shape index (κ1) is 16.0. The van der Waals surface area contributed by atoms with Gasteiger partial charge in [-0.2, -0.15) is 9.78 Å². The molecule has 0 saturated carbocycles. The molecule has 130 valence electrons. The van der Waals surface area contributed by atoms with E-state index in [1.54, 1.807) is 18.3 Å². The molecule has 0 aliphatic heterocycles. The maximum Gasteiger partial charge on any atom is 0.343 e. The van der Waals surface area contributed by atoms with Gasteiger partial charge >= 0.3 is 5.97 Å². The van der Waals surface area contributed by atoms with E-state index in [0.717, 1.165) is 29.5 Å². The number of nitrogens with two attached hydrogens (primary N) is 1. The number of rotatable bonds is 3. The van der Waals surface area contributed by atoms with E-state index in [9.17, 15) is 4.79 Å². The van der Waals surface area contributed by atoms with Crippen LogP contribution < -0.4 is 5.73 Å². The molecule has 0 bridgehead atoms. The number of thiophene rings is 1. The van der Waals surface area contributed by atoms with E-state index in [1.165, 1.54) is 27.6 Å². The summed E-state index contributed by atoms with van der Waals surface area (Å²) in [6.07, 6.45) is 6.17. The average Bonchev–Trinajstić information content (AvgIpc) is 3.14. The van der Waals surface area contributed by atoms with E-state index in [-0.39, 0.29) is 18.0 Å². The summed E-state index contributed by atoms with van der Waals surface area (Å²) >= 11 is 1.71. The van der Waals surface area contributed by atoms with Crippen molar-refractivity contribution in [2.75, 3.05) is 12.3 Å². The lowest BCUT2D eigenvalue weighted by Crippen LogP contribution is -2.11. The molecule has 0 fully saturated rings. The number of carbonyl (C=O) groups excluding carboxylic acids is 1. The lowest BCUT2D eigenvalue weighted by atomic mass is 9.89. The van der Waals surface area contributed by atoms with Crippen LogP contribution in [0, 0.1) is 5.92 Å². The molecule has 0 spiro atoms. The molecule has 8 heteroatoms. The largest absolute Gasteiger partial charge is 0.462 e. The van der Waals surface area contributed by atoms with Gasteiger partial charge in [-0.25, -0.2) is 14.8 Å². The summed E-state index contributed by atoms with van der Waals surface area (Å²) in [6, 6.07) is 0. The highest BCUT2D eigenvalue weighted by Gasteiger charge is 2.25. The van der Waals surface area contributed by atoms with Crippen molar-refractivity contribution in [2.45, 2.75) is 33.1 Å². The number of anilines is 1. The molecular weight excluding hydrogens is 338 g/mol. The Labute approximate surface area is 148 Å². The molecule has 7 nitrogen and oxygen atoms in total. The molecule has 1 atom stereocenters. The van der Waals surface area contributed by atoms with E-state index >= 15 is 0 Å². The van der Waals surface area contributed by atoms with Crippen LogP contribution in [0.25, 0.3) is 16.0 Å². The molecule has 4 rings (SSSR count). The minimum atomic E-state index is -0.474. The summed E-state index contributed by atoms with van der Waals surface area (Å²) in [5, 5.41) is 5.29. The minimum absolute atomic E-state index is 0.238. The number of aromatic nitrogens is 4. The van der Waals surface area contributed by atoms with Gasteiger partial charge in [0, 0.05) is 4.88 Å². The third kappa shape index (κ3) is 2.57. The van der Waals surface area contributed by atoms with Crippen molar-refractivity contribution in [3.63, 3.8) is 0 Å². The average molecular weight is 357 g/mol. The van der Waals surface area contributed by atoms with Crippen LogP contribution in [0.15, 0.2) is 12.5 Å².